The van der Waals surface area contributed by atoms with Crippen LogP contribution in [-0.2, 0) is 0 Å². The predicted octanol–water partition coefficient (Wildman–Crippen LogP) is 3.50. The van der Waals surface area contributed by atoms with E-state index in [4.69, 9.17) is 11.5 Å². The monoisotopic (exact) mass is 343 g/mol. The van der Waals surface area contributed by atoms with Crippen molar-refractivity contribution in [1.82, 2.24) is 5.32 Å². The van der Waals surface area contributed by atoms with Gasteiger partial charge in [-0.3, -0.25) is 0 Å². The summed E-state index contributed by atoms with van der Waals surface area (Å²) in [5, 5.41) is 4.59. The fraction of sp³-hybridized carbons (Fsp3) is 0.600. The number of rotatable bonds is 3. The maximum absolute atomic E-state index is 6.06. The molecule has 4 aliphatic rings. The van der Waals surface area contributed by atoms with E-state index in [-0.39, 0.29) is 12.2 Å². The average Bonchev–Trinajstić information content (AvgIpc) is 3.06. The van der Waals surface area contributed by atoms with Gasteiger partial charge in [0, 0.05) is 11.3 Å². The zero-order valence-electron chi connectivity index (χ0n) is 14.3. The predicted molar refractivity (Wildman–Crippen MR) is 104 cm³/mol. The van der Waals surface area contributed by atoms with Gasteiger partial charge in [0.2, 0.25) is 0 Å². The SMILES string of the molecule is NC(N)C1=CCC(C2CC3=C(CCCC3)S2)NC1C1=CCCC=C1. The van der Waals surface area contributed by atoms with Gasteiger partial charge in [-0.25, -0.2) is 0 Å². The number of allylic oxidation sites excluding steroid dienone is 4. The molecule has 5 N–H and O–H groups in total. The summed E-state index contributed by atoms with van der Waals surface area (Å²) in [6.07, 6.45) is 18.8. The molecule has 130 valence electrons. The Balaban J connectivity index is 1.51. The number of nitrogens with two attached hydrogens (primary N) is 2. The van der Waals surface area contributed by atoms with Crippen LogP contribution >= 0.6 is 11.8 Å². The number of hydrogen-bond donors (Lipinski definition) is 3. The topological polar surface area (TPSA) is 64.1 Å². The van der Waals surface area contributed by atoms with E-state index in [1.165, 1.54) is 37.7 Å². The molecule has 0 radical (unpaired) electrons. The normalized spacial score (nSPS) is 33.5. The number of nitrogens with one attached hydrogen (secondary N) is 1. The highest BCUT2D eigenvalue weighted by Gasteiger charge is 2.36. The van der Waals surface area contributed by atoms with Crippen LogP contribution in [0.4, 0.5) is 0 Å². The molecule has 2 aliphatic carbocycles. The van der Waals surface area contributed by atoms with Crippen LogP contribution in [0.1, 0.15) is 51.4 Å². The van der Waals surface area contributed by atoms with E-state index in [0.29, 0.717) is 11.3 Å². The number of thioether (sulfide) groups is 1. The summed E-state index contributed by atoms with van der Waals surface area (Å²) in [5.74, 6) is 0. The molecule has 0 spiro atoms. The van der Waals surface area contributed by atoms with Crippen molar-refractivity contribution in [3.05, 3.63) is 45.9 Å². The summed E-state index contributed by atoms with van der Waals surface area (Å²) in [6.45, 7) is 0. The third kappa shape index (κ3) is 3.30. The molecule has 0 saturated heterocycles. The van der Waals surface area contributed by atoms with Crippen molar-refractivity contribution in [2.45, 2.75) is 74.9 Å². The molecule has 3 nitrogen and oxygen atoms in total. The van der Waals surface area contributed by atoms with Crippen LogP contribution in [0.5, 0.6) is 0 Å². The van der Waals surface area contributed by atoms with Crippen LogP contribution in [0.2, 0.25) is 0 Å². The quantitative estimate of drug-likeness (QED) is 0.542. The lowest BCUT2D eigenvalue weighted by Crippen LogP contribution is -2.52. The van der Waals surface area contributed by atoms with E-state index in [1.54, 1.807) is 10.5 Å². The molecule has 0 amide bonds. The summed E-state index contributed by atoms with van der Waals surface area (Å²) in [5.41, 5.74) is 16.4. The second-order valence-electron chi connectivity index (χ2n) is 7.45. The Morgan fingerprint density at radius 2 is 2.00 bits per heavy atom. The van der Waals surface area contributed by atoms with Gasteiger partial charge in [-0.1, -0.05) is 29.9 Å². The molecule has 2 aliphatic heterocycles. The van der Waals surface area contributed by atoms with Crippen molar-refractivity contribution in [2.75, 3.05) is 0 Å². The third-order valence-corrected chi connectivity index (χ3v) is 7.36. The van der Waals surface area contributed by atoms with Crippen LogP contribution in [0.25, 0.3) is 0 Å². The first-order valence-corrected chi connectivity index (χ1v) is 10.3. The fourth-order valence-electron chi connectivity index (χ4n) is 4.47. The molecule has 4 heteroatoms. The molecule has 3 unspecified atom stereocenters. The lowest BCUT2D eigenvalue weighted by atomic mass is 9.86. The molecular formula is C20H29N3S. The van der Waals surface area contributed by atoms with Crippen molar-refractivity contribution >= 4 is 11.8 Å². The summed E-state index contributed by atoms with van der Waals surface area (Å²) in [6, 6.07) is 0.711. The van der Waals surface area contributed by atoms with Crippen molar-refractivity contribution in [3.8, 4) is 0 Å². The minimum atomic E-state index is -0.373. The molecule has 4 rings (SSSR count). The smallest absolute Gasteiger partial charge is 0.0762 e. The standard InChI is InChI=1S/C20H29N3S/c21-20(22)15-10-11-16(23-19(15)13-6-2-1-3-7-13)18-12-14-8-4-5-9-17(14)24-18/h2,6-7,10,16,18-20,23H,1,3-5,8-9,11-12,21-22H2. The Kier molecular flexibility index (Phi) is 5.00. The maximum Gasteiger partial charge on any atom is 0.0762 e. The average molecular weight is 344 g/mol. The van der Waals surface area contributed by atoms with E-state index < -0.39 is 0 Å². The summed E-state index contributed by atoms with van der Waals surface area (Å²) >= 11 is 2.15. The Hall–Kier alpha value is -0.810. The Morgan fingerprint density at radius 3 is 2.75 bits per heavy atom. The molecule has 24 heavy (non-hydrogen) atoms. The van der Waals surface area contributed by atoms with Gasteiger partial charge >= 0.3 is 0 Å². The van der Waals surface area contributed by atoms with E-state index >= 15 is 0 Å². The summed E-state index contributed by atoms with van der Waals surface area (Å²) < 4.78 is 0. The van der Waals surface area contributed by atoms with Crippen LogP contribution in [0.15, 0.2) is 45.9 Å². The van der Waals surface area contributed by atoms with Crippen LogP contribution < -0.4 is 16.8 Å². The van der Waals surface area contributed by atoms with Gasteiger partial charge < -0.3 is 16.8 Å². The largest absolute Gasteiger partial charge is 0.313 e. The van der Waals surface area contributed by atoms with Gasteiger partial charge in [0.25, 0.3) is 0 Å². The molecule has 0 aromatic rings. The fourth-order valence-corrected chi connectivity index (χ4v) is 6.09. The van der Waals surface area contributed by atoms with Crippen LogP contribution in [-0.4, -0.2) is 23.5 Å². The van der Waals surface area contributed by atoms with Gasteiger partial charge in [-0.15, -0.1) is 11.8 Å². The second kappa shape index (κ2) is 7.20. The first-order chi connectivity index (χ1) is 11.7. The third-order valence-electron chi connectivity index (χ3n) is 5.78. The minimum Gasteiger partial charge on any atom is -0.313 e. The molecule has 0 aromatic carbocycles. The van der Waals surface area contributed by atoms with Gasteiger partial charge in [0.05, 0.1) is 12.2 Å². The maximum atomic E-state index is 6.06. The van der Waals surface area contributed by atoms with Crippen molar-refractivity contribution in [2.24, 2.45) is 11.5 Å². The molecule has 0 bridgehead atoms. The highest BCUT2D eigenvalue weighted by molar-refractivity contribution is 8.04. The van der Waals surface area contributed by atoms with Gasteiger partial charge in [-0.05, 0) is 67.4 Å². The molecular weight excluding hydrogens is 314 g/mol. The zero-order chi connectivity index (χ0) is 16.5. The first kappa shape index (κ1) is 16.6. The van der Waals surface area contributed by atoms with E-state index in [0.717, 1.165) is 24.8 Å². The molecule has 0 aromatic heterocycles. The lowest BCUT2D eigenvalue weighted by Gasteiger charge is -2.37. The van der Waals surface area contributed by atoms with Gasteiger partial charge in [0.1, 0.15) is 0 Å². The van der Waals surface area contributed by atoms with Crippen LogP contribution in [0, 0.1) is 0 Å². The highest BCUT2D eigenvalue weighted by Crippen LogP contribution is 2.47. The molecule has 2 heterocycles. The summed E-state index contributed by atoms with van der Waals surface area (Å²) in [4.78, 5) is 1.70. The van der Waals surface area contributed by atoms with Crippen molar-refractivity contribution < 1.29 is 0 Å². The Labute approximate surface area is 149 Å². The zero-order valence-corrected chi connectivity index (χ0v) is 15.2. The Morgan fingerprint density at radius 1 is 1.12 bits per heavy atom. The van der Waals surface area contributed by atoms with Crippen molar-refractivity contribution in [3.63, 3.8) is 0 Å². The minimum absolute atomic E-state index is 0.193. The van der Waals surface area contributed by atoms with E-state index in [9.17, 15) is 0 Å². The molecule has 3 atom stereocenters. The number of hydrogen-bond acceptors (Lipinski definition) is 4. The molecule has 0 fully saturated rings. The van der Waals surface area contributed by atoms with E-state index in [1.807, 2.05) is 0 Å². The van der Waals surface area contributed by atoms with Crippen molar-refractivity contribution in [1.29, 1.82) is 0 Å². The summed E-state index contributed by atoms with van der Waals surface area (Å²) in [7, 11) is 0. The van der Waals surface area contributed by atoms with Crippen LogP contribution in [0.3, 0.4) is 0 Å². The lowest BCUT2D eigenvalue weighted by molar-refractivity contribution is 0.436. The highest BCUT2D eigenvalue weighted by atomic mass is 32.2. The second-order valence-corrected chi connectivity index (χ2v) is 8.78. The Bertz CT molecular complexity index is 596. The molecule has 0 saturated carbocycles. The van der Waals surface area contributed by atoms with E-state index in [2.05, 4.69) is 41.4 Å². The first-order valence-electron chi connectivity index (χ1n) is 9.43. The van der Waals surface area contributed by atoms with Gasteiger partial charge in [-0.2, -0.15) is 0 Å². The van der Waals surface area contributed by atoms with Gasteiger partial charge in [0.15, 0.2) is 0 Å².